The van der Waals surface area contributed by atoms with Crippen LogP contribution in [0.3, 0.4) is 0 Å². The number of benzene rings is 2. The molecular formula is C20H16ClN3O2S. The van der Waals surface area contributed by atoms with Crippen LogP contribution in [0.25, 0.3) is 5.57 Å². The fourth-order valence-corrected chi connectivity index (χ4v) is 4.34. The number of halogens is 1. The van der Waals surface area contributed by atoms with E-state index in [1.165, 1.54) is 16.7 Å². The number of carbonyl (C=O) groups is 2. The smallest absolute Gasteiger partial charge is 0.267 e. The summed E-state index contributed by atoms with van der Waals surface area (Å²) in [5.74, 6) is -0.362. The summed E-state index contributed by atoms with van der Waals surface area (Å²) >= 11 is 7.14. The average molecular weight is 398 g/mol. The van der Waals surface area contributed by atoms with Crippen molar-refractivity contribution >= 4 is 57.3 Å². The molecule has 0 spiro atoms. The van der Waals surface area contributed by atoms with E-state index < -0.39 is 0 Å². The zero-order valence-corrected chi connectivity index (χ0v) is 16.3. The Labute approximate surface area is 166 Å². The molecule has 0 aliphatic carbocycles. The molecular weight excluding hydrogens is 382 g/mol. The lowest BCUT2D eigenvalue weighted by molar-refractivity contribution is -0.121. The monoisotopic (exact) mass is 397 g/mol. The van der Waals surface area contributed by atoms with Gasteiger partial charge < -0.3 is 4.90 Å². The highest BCUT2D eigenvalue weighted by atomic mass is 35.5. The molecule has 27 heavy (non-hydrogen) atoms. The largest absolute Gasteiger partial charge is 0.308 e. The maximum Gasteiger partial charge on any atom is 0.267 e. The number of amidine groups is 1. The normalized spacial score (nSPS) is 20.8. The van der Waals surface area contributed by atoms with Gasteiger partial charge >= 0.3 is 0 Å². The molecule has 5 nitrogen and oxygen atoms in total. The van der Waals surface area contributed by atoms with Crippen LogP contribution in [0.1, 0.15) is 12.5 Å². The van der Waals surface area contributed by atoms with E-state index in [9.17, 15) is 9.59 Å². The lowest BCUT2D eigenvalue weighted by Crippen LogP contribution is -2.27. The summed E-state index contributed by atoms with van der Waals surface area (Å²) in [5, 5.41) is 1.16. The van der Waals surface area contributed by atoms with Crippen molar-refractivity contribution in [3.05, 3.63) is 64.0 Å². The molecule has 0 N–H and O–H groups in total. The van der Waals surface area contributed by atoms with Gasteiger partial charge in [-0.3, -0.25) is 14.5 Å². The highest BCUT2D eigenvalue weighted by Crippen LogP contribution is 2.44. The molecule has 0 unspecified atom stereocenters. The molecule has 0 radical (unpaired) electrons. The number of anilines is 1. The number of nitrogens with zero attached hydrogens (tertiary/aromatic N) is 3. The fraction of sp³-hybridized carbons (Fsp3) is 0.150. The minimum Gasteiger partial charge on any atom is -0.308 e. The van der Waals surface area contributed by atoms with Crippen molar-refractivity contribution in [1.82, 2.24) is 4.90 Å². The molecule has 136 valence electrons. The molecule has 2 aliphatic rings. The van der Waals surface area contributed by atoms with Gasteiger partial charge in [0.1, 0.15) is 0 Å². The summed E-state index contributed by atoms with van der Waals surface area (Å²) in [5.41, 5.74) is 2.78. The van der Waals surface area contributed by atoms with E-state index in [1.807, 2.05) is 31.2 Å². The number of aliphatic imine (C=N–C) groups is 1. The van der Waals surface area contributed by atoms with Gasteiger partial charge in [-0.05, 0) is 49.0 Å². The molecule has 0 bridgehead atoms. The predicted octanol–water partition coefficient (Wildman–Crippen LogP) is 4.31. The Hall–Kier alpha value is -2.57. The molecule has 1 fully saturated rings. The van der Waals surface area contributed by atoms with E-state index >= 15 is 0 Å². The van der Waals surface area contributed by atoms with E-state index in [1.54, 1.807) is 36.2 Å². The maximum atomic E-state index is 13.0. The van der Waals surface area contributed by atoms with Gasteiger partial charge in [-0.25, -0.2) is 4.99 Å². The van der Waals surface area contributed by atoms with Crippen LogP contribution in [0, 0.1) is 0 Å². The number of fused-ring (bicyclic) bond motifs is 1. The van der Waals surface area contributed by atoms with Crippen molar-refractivity contribution in [1.29, 1.82) is 0 Å². The van der Waals surface area contributed by atoms with Gasteiger partial charge in [-0.2, -0.15) is 0 Å². The molecule has 0 saturated carbocycles. The highest BCUT2D eigenvalue weighted by Gasteiger charge is 2.40. The van der Waals surface area contributed by atoms with Crippen molar-refractivity contribution in [2.24, 2.45) is 4.99 Å². The van der Waals surface area contributed by atoms with Gasteiger partial charge in [0, 0.05) is 24.2 Å². The van der Waals surface area contributed by atoms with Crippen LogP contribution in [-0.2, 0) is 9.59 Å². The second-order valence-electron chi connectivity index (χ2n) is 6.11. The number of para-hydroxylation sites is 1. The SMILES string of the molecule is CCN1C(=O)/C(=C2\SC(=Nc3ccc(Cl)cc3)N(C)C2=O)c2ccccc21. The van der Waals surface area contributed by atoms with Gasteiger partial charge in [-0.1, -0.05) is 29.8 Å². The van der Waals surface area contributed by atoms with Gasteiger partial charge in [0.2, 0.25) is 0 Å². The average Bonchev–Trinajstić information content (AvgIpc) is 3.11. The number of hydrogen-bond donors (Lipinski definition) is 0. The third kappa shape index (κ3) is 2.95. The molecule has 2 heterocycles. The Morgan fingerprint density at radius 2 is 1.74 bits per heavy atom. The molecule has 0 atom stereocenters. The summed E-state index contributed by atoms with van der Waals surface area (Å²) in [6, 6.07) is 14.6. The summed E-state index contributed by atoms with van der Waals surface area (Å²) < 4.78 is 0. The number of rotatable bonds is 2. The topological polar surface area (TPSA) is 53.0 Å². The van der Waals surface area contributed by atoms with E-state index in [0.29, 0.717) is 32.9 Å². The van der Waals surface area contributed by atoms with E-state index in [-0.39, 0.29) is 11.8 Å². The van der Waals surface area contributed by atoms with Crippen LogP contribution < -0.4 is 4.90 Å². The third-order valence-electron chi connectivity index (χ3n) is 4.50. The van der Waals surface area contributed by atoms with Gasteiger partial charge in [0.15, 0.2) is 5.17 Å². The number of hydrogen-bond acceptors (Lipinski definition) is 4. The molecule has 4 rings (SSSR count). The Kier molecular flexibility index (Phi) is 4.53. The second-order valence-corrected chi connectivity index (χ2v) is 7.52. The zero-order valence-electron chi connectivity index (χ0n) is 14.8. The van der Waals surface area contributed by atoms with Crippen LogP contribution in [0.4, 0.5) is 11.4 Å². The van der Waals surface area contributed by atoms with Crippen molar-refractivity contribution < 1.29 is 9.59 Å². The standard InChI is InChI=1S/C20H16ClN3O2S/c1-3-24-15-7-5-4-6-14(15)16(18(24)25)17-19(26)23(2)20(27-17)22-13-10-8-12(21)9-11-13/h4-11H,3H2,1-2H3/b17-16-,22-20?. The van der Waals surface area contributed by atoms with Crippen LogP contribution >= 0.6 is 23.4 Å². The third-order valence-corrected chi connectivity index (χ3v) is 5.88. The predicted molar refractivity (Wildman–Crippen MR) is 110 cm³/mol. The quantitative estimate of drug-likeness (QED) is 0.709. The Balaban J connectivity index is 1.80. The van der Waals surface area contributed by atoms with Crippen LogP contribution in [-0.4, -0.2) is 35.5 Å². The zero-order chi connectivity index (χ0) is 19.1. The maximum absolute atomic E-state index is 13.0. The first kappa shape index (κ1) is 17.8. The number of thioether (sulfide) groups is 1. The summed E-state index contributed by atoms with van der Waals surface area (Å²) in [7, 11) is 1.67. The molecule has 7 heteroatoms. The van der Waals surface area contributed by atoms with Crippen LogP contribution in [0.15, 0.2) is 58.4 Å². The van der Waals surface area contributed by atoms with Crippen molar-refractivity contribution in [2.45, 2.75) is 6.92 Å². The molecule has 2 amide bonds. The lowest BCUT2D eigenvalue weighted by atomic mass is 10.1. The van der Waals surface area contributed by atoms with Crippen molar-refractivity contribution in [3.8, 4) is 0 Å². The molecule has 2 aromatic rings. The van der Waals surface area contributed by atoms with E-state index in [4.69, 9.17) is 11.6 Å². The lowest BCUT2D eigenvalue weighted by Gasteiger charge is -2.13. The Morgan fingerprint density at radius 1 is 1.04 bits per heavy atom. The van der Waals surface area contributed by atoms with Crippen molar-refractivity contribution in [3.63, 3.8) is 0 Å². The summed E-state index contributed by atoms with van der Waals surface area (Å²) in [6.45, 7) is 2.47. The number of likely N-dealkylation sites (N-methyl/N-ethyl adjacent to an activating group) is 2. The minimum atomic E-state index is -0.219. The number of carbonyl (C=O) groups excluding carboxylic acids is 2. The van der Waals surface area contributed by atoms with Crippen LogP contribution in [0.5, 0.6) is 0 Å². The molecule has 2 aromatic carbocycles. The summed E-state index contributed by atoms with van der Waals surface area (Å²) in [6.07, 6.45) is 0. The highest BCUT2D eigenvalue weighted by molar-refractivity contribution is 8.18. The van der Waals surface area contributed by atoms with Crippen molar-refractivity contribution in [2.75, 3.05) is 18.5 Å². The van der Waals surface area contributed by atoms with E-state index in [2.05, 4.69) is 4.99 Å². The van der Waals surface area contributed by atoms with Gasteiger partial charge in [0.25, 0.3) is 11.8 Å². The fourth-order valence-electron chi connectivity index (χ4n) is 3.14. The van der Waals surface area contributed by atoms with Gasteiger partial charge in [0.05, 0.1) is 21.9 Å². The summed E-state index contributed by atoms with van der Waals surface area (Å²) in [4.78, 5) is 34.0. The van der Waals surface area contributed by atoms with Crippen LogP contribution in [0.2, 0.25) is 5.02 Å². The first-order chi connectivity index (χ1) is 13.0. The first-order valence-electron chi connectivity index (χ1n) is 8.47. The minimum absolute atomic E-state index is 0.143. The first-order valence-corrected chi connectivity index (χ1v) is 9.66. The molecule has 0 aromatic heterocycles. The second kappa shape index (κ2) is 6.87. The number of amides is 2. The Morgan fingerprint density at radius 3 is 2.44 bits per heavy atom. The molecule has 1 saturated heterocycles. The molecule has 2 aliphatic heterocycles. The van der Waals surface area contributed by atoms with E-state index in [0.717, 1.165) is 11.3 Å². The Bertz CT molecular complexity index is 1010. The van der Waals surface area contributed by atoms with Gasteiger partial charge in [-0.15, -0.1) is 0 Å².